The molecule has 0 aliphatic heterocycles. The van der Waals surface area contributed by atoms with Crippen molar-refractivity contribution in [3.63, 3.8) is 0 Å². The van der Waals surface area contributed by atoms with Gasteiger partial charge in [0.25, 0.3) is 0 Å². The number of amides is 2. The fraction of sp³-hybridized carbons (Fsp3) is 0.500. The molecule has 0 spiro atoms. The number of aliphatic carboxylic acids is 1. The van der Waals surface area contributed by atoms with E-state index in [1.54, 1.807) is 11.8 Å². The molecule has 0 bridgehead atoms. The molecule has 0 aliphatic rings. The molecule has 35 heavy (non-hydrogen) atoms. The van der Waals surface area contributed by atoms with Crippen LogP contribution in [-0.4, -0.2) is 54.4 Å². The van der Waals surface area contributed by atoms with E-state index in [9.17, 15) is 14.7 Å². The van der Waals surface area contributed by atoms with Gasteiger partial charge in [-0.15, -0.1) is 0 Å². The second kappa shape index (κ2) is 16.5. The van der Waals surface area contributed by atoms with Crippen LogP contribution >= 0.6 is 0 Å². The van der Waals surface area contributed by atoms with E-state index in [0.29, 0.717) is 38.5 Å². The average Bonchev–Trinajstić information content (AvgIpc) is 2.86. The van der Waals surface area contributed by atoms with Crippen molar-refractivity contribution < 1.29 is 24.2 Å². The summed E-state index contributed by atoms with van der Waals surface area (Å²) in [6.07, 6.45) is 6.42. The van der Waals surface area contributed by atoms with Crippen molar-refractivity contribution in [2.75, 3.05) is 31.6 Å². The molecule has 2 rings (SSSR count). The molecule has 2 N–H and O–H groups in total. The normalized spacial score (nSPS) is 11.6. The van der Waals surface area contributed by atoms with Crippen molar-refractivity contribution in [2.45, 2.75) is 64.9 Å². The minimum atomic E-state index is -0.966. The third-order valence-electron chi connectivity index (χ3n) is 5.71. The molecule has 0 radical (unpaired) electrons. The number of ether oxygens (including phenoxy) is 2. The van der Waals surface area contributed by atoms with Crippen LogP contribution < -0.4 is 10.1 Å². The zero-order valence-corrected chi connectivity index (χ0v) is 21.1. The zero-order valence-electron chi connectivity index (χ0n) is 21.1. The van der Waals surface area contributed by atoms with E-state index in [0.717, 1.165) is 24.1 Å². The Morgan fingerprint density at radius 3 is 2.26 bits per heavy atom. The second-order valence-corrected chi connectivity index (χ2v) is 8.53. The number of nitrogens with zero attached hydrogens (tertiary/aromatic N) is 1. The fourth-order valence-corrected chi connectivity index (χ4v) is 3.75. The third kappa shape index (κ3) is 11.3. The number of benzene rings is 2. The molecule has 1 atom stereocenters. The van der Waals surface area contributed by atoms with Crippen molar-refractivity contribution in [2.24, 2.45) is 0 Å². The predicted molar refractivity (Wildman–Crippen MR) is 139 cm³/mol. The highest BCUT2D eigenvalue weighted by Gasteiger charge is 2.18. The van der Waals surface area contributed by atoms with Crippen LogP contribution in [0.15, 0.2) is 54.6 Å². The SMILES string of the molecule is CCCCCCCCN(CCOc1ccc(CC(OCC)C(=O)O)cc1)C(=O)Nc1ccccc1. The van der Waals surface area contributed by atoms with Crippen LogP contribution in [-0.2, 0) is 16.0 Å². The molecular formula is C28H40N2O5. The van der Waals surface area contributed by atoms with Gasteiger partial charge in [0.15, 0.2) is 6.10 Å². The molecule has 0 saturated carbocycles. The van der Waals surface area contributed by atoms with Gasteiger partial charge >= 0.3 is 12.0 Å². The predicted octanol–water partition coefficient (Wildman–Crippen LogP) is 5.99. The fourth-order valence-electron chi connectivity index (χ4n) is 3.75. The van der Waals surface area contributed by atoms with E-state index in [4.69, 9.17) is 9.47 Å². The average molecular weight is 485 g/mol. The largest absolute Gasteiger partial charge is 0.492 e. The minimum Gasteiger partial charge on any atom is -0.492 e. The van der Waals surface area contributed by atoms with Gasteiger partial charge in [-0.1, -0.05) is 69.4 Å². The summed E-state index contributed by atoms with van der Waals surface area (Å²) in [6, 6.07) is 16.7. The van der Waals surface area contributed by atoms with Crippen molar-refractivity contribution in [3.05, 3.63) is 60.2 Å². The number of urea groups is 1. The van der Waals surface area contributed by atoms with Gasteiger partial charge in [-0.05, 0) is 43.2 Å². The van der Waals surface area contributed by atoms with Crippen LogP contribution in [0.2, 0.25) is 0 Å². The van der Waals surface area contributed by atoms with Crippen LogP contribution in [0.3, 0.4) is 0 Å². The first-order chi connectivity index (χ1) is 17.0. The van der Waals surface area contributed by atoms with E-state index < -0.39 is 12.1 Å². The molecule has 0 aromatic heterocycles. The van der Waals surface area contributed by atoms with Gasteiger partial charge in [0, 0.05) is 25.3 Å². The minimum absolute atomic E-state index is 0.126. The van der Waals surface area contributed by atoms with Crippen LogP contribution in [0.1, 0.15) is 57.9 Å². The number of carbonyl (C=O) groups excluding carboxylic acids is 1. The summed E-state index contributed by atoms with van der Waals surface area (Å²) in [4.78, 5) is 26.0. The smallest absolute Gasteiger partial charge is 0.333 e. The number of rotatable bonds is 17. The molecule has 2 aromatic rings. The van der Waals surface area contributed by atoms with Gasteiger partial charge in [0.05, 0.1) is 6.54 Å². The van der Waals surface area contributed by atoms with Crippen molar-refractivity contribution in [1.29, 1.82) is 0 Å². The molecule has 1 unspecified atom stereocenters. The topological polar surface area (TPSA) is 88.1 Å². The van der Waals surface area contributed by atoms with Gasteiger partial charge in [-0.25, -0.2) is 9.59 Å². The Morgan fingerprint density at radius 2 is 1.60 bits per heavy atom. The van der Waals surface area contributed by atoms with E-state index in [-0.39, 0.29) is 6.03 Å². The van der Waals surface area contributed by atoms with Crippen LogP contribution in [0.4, 0.5) is 10.5 Å². The maximum Gasteiger partial charge on any atom is 0.333 e. The lowest BCUT2D eigenvalue weighted by Crippen LogP contribution is -2.38. The lowest BCUT2D eigenvalue weighted by Gasteiger charge is -2.23. The maximum absolute atomic E-state index is 12.9. The Labute approximate surface area is 209 Å². The van der Waals surface area contributed by atoms with E-state index in [1.807, 2.05) is 54.6 Å². The van der Waals surface area contributed by atoms with Crippen molar-refractivity contribution in [1.82, 2.24) is 4.90 Å². The number of nitrogens with one attached hydrogen (secondary N) is 1. The van der Waals surface area contributed by atoms with Gasteiger partial charge < -0.3 is 24.8 Å². The Kier molecular flexibility index (Phi) is 13.3. The number of hydrogen-bond donors (Lipinski definition) is 2. The maximum atomic E-state index is 12.9. The highest BCUT2D eigenvalue weighted by Crippen LogP contribution is 2.15. The number of carboxylic acids is 1. The molecule has 0 aliphatic carbocycles. The summed E-state index contributed by atoms with van der Waals surface area (Å²) in [5.41, 5.74) is 1.64. The van der Waals surface area contributed by atoms with Crippen molar-refractivity contribution in [3.8, 4) is 5.75 Å². The molecule has 2 amide bonds. The first kappa shape index (κ1) is 28.2. The van der Waals surface area contributed by atoms with Gasteiger partial charge in [0.2, 0.25) is 0 Å². The highest BCUT2D eigenvalue weighted by atomic mass is 16.5. The summed E-state index contributed by atoms with van der Waals surface area (Å²) in [6.45, 7) is 5.86. The number of para-hydroxylation sites is 1. The number of carboxylic acid groups (broad SMARTS) is 1. The summed E-state index contributed by atoms with van der Waals surface area (Å²) < 4.78 is 11.2. The van der Waals surface area contributed by atoms with Gasteiger partial charge in [0.1, 0.15) is 12.4 Å². The van der Waals surface area contributed by atoms with Crippen molar-refractivity contribution >= 4 is 17.7 Å². The summed E-state index contributed by atoms with van der Waals surface area (Å²) in [5, 5.41) is 12.2. The van der Waals surface area contributed by atoms with Gasteiger partial charge in [-0.2, -0.15) is 0 Å². The Bertz CT molecular complexity index is 857. The van der Waals surface area contributed by atoms with E-state index >= 15 is 0 Å². The first-order valence-electron chi connectivity index (χ1n) is 12.7. The molecule has 0 saturated heterocycles. The third-order valence-corrected chi connectivity index (χ3v) is 5.71. The highest BCUT2D eigenvalue weighted by molar-refractivity contribution is 5.89. The summed E-state index contributed by atoms with van der Waals surface area (Å²) in [5.74, 6) is -0.286. The summed E-state index contributed by atoms with van der Waals surface area (Å²) >= 11 is 0. The number of carbonyl (C=O) groups is 2. The lowest BCUT2D eigenvalue weighted by molar-refractivity contribution is -0.149. The van der Waals surface area contributed by atoms with Crippen LogP contribution in [0, 0.1) is 0 Å². The molecule has 0 heterocycles. The first-order valence-corrected chi connectivity index (χ1v) is 12.7. The van der Waals surface area contributed by atoms with E-state index in [1.165, 1.54) is 25.7 Å². The van der Waals surface area contributed by atoms with Crippen LogP contribution in [0.5, 0.6) is 5.75 Å². The Hall–Kier alpha value is -3.06. The quantitative estimate of drug-likeness (QED) is 0.269. The number of unbranched alkanes of at least 4 members (excludes halogenated alkanes) is 5. The van der Waals surface area contributed by atoms with Crippen LogP contribution in [0.25, 0.3) is 0 Å². The lowest BCUT2D eigenvalue weighted by atomic mass is 10.1. The number of hydrogen-bond acceptors (Lipinski definition) is 4. The number of anilines is 1. The zero-order chi connectivity index (χ0) is 25.3. The Balaban J connectivity index is 1.86. The molecule has 0 fully saturated rings. The molecule has 7 nitrogen and oxygen atoms in total. The molecular weight excluding hydrogens is 444 g/mol. The summed E-state index contributed by atoms with van der Waals surface area (Å²) in [7, 11) is 0. The molecule has 7 heteroatoms. The molecule has 192 valence electrons. The second-order valence-electron chi connectivity index (χ2n) is 8.53. The monoisotopic (exact) mass is 484 g/mol. The van der Waals surface area contributed by atoms with Gasteiger partial charge in [-0.3, -0.25) is 0 Å². The Morgan fingerprint density at radius 1 is 0.914 bits per heavy atom. The standard InChI is InChI=1S/C28H40N2O5/c1-3-5-6-7-8-12-19-30(28(33)29-24-13-10-9-11-14-24)20-21-35-25-17-15-23(16-18-25)22-26(27(31)32)34-4-2/h9-11,13-18,26H,3-8,12,19-22H2,1-2H3,(H,29,33)(H,31,32). The molecule has 2 aromatic carbocycles. The van der Waals surface area contributed by atoms with E-state index in [2.05, 4.69) is 12.2 Å².